The molecule has 0 radical (unpaired) electrons. The normalized spacial score (nSPS) is 21.4. The second-order valence-corrected chi connectivity index (χ2v) is 5.15. The predicted octanol–water partition coefficient (Wildman–Crippen LogP) is 0.482. The molecule has 0 saturated carbocycles. The molecule has 21 heavy (non-hydrogen) atoms. The molecule has 116 valence electrons. The van der Waals surface area contributed by atoms with Gasteiger partial charge in [0.05, 0.1) is 17.7 Å². The molecule has 0 aromatic carbocycles. The first kappa shape index (κ1) is 15.4. The molecule has 0 spiro atoms. The molecule has 2 rings (SSSR count). The van der Waals surface area contributed by atoms with Crippen LogP contribution in [-0.4, -0.2) is 60.7 Å². The van der Waals surface area contributed by atoms with Crippen molar-refractivity contribution in [2.45, 2.75) is 26.0 Å². The zero-order valence-corrected chi connectivity index (χ0v) is 12.6. The number of H-pyrrole nitrogens is 1. The molecule has 0 unspecified atom stereocenters. The summed E-state index contributed by atoms with van der Waals surface area (Å²) in [5, 5.41) is 5.53. The van der Waals surface area contributed by atoms with Gasteiger partial charge in [0.15, 0.2) is 0 Å². The monoisotopic (exact) mass is 294 g/mol. The van der Waals surface area contributed by atoms with Crippen LogP contribution >= 0.6 is 0 Å². The van der Waals surface area contributed by atoms with Crippen LogP contribution < -0.4 is 10.6 Å². The fourth-order valence-corrected chi connectivity index (χ4v) is 2.54. The van der Waals surface area contributed by atoms with Crippen LogP contribution in [0.1, 0.15) is 22.8 Å². The van der Waals surface area contributed by atoms with Gasteiger partial charge in [-0.15, -0.1) is 0 Å². The number of hydrogen-bond acceptors (Lipinski definition) is 3. The van der Waals surface area contributed by atoms with Gasteiger partial charge in [-0.2, -0.15) is 0 Å². The quantitative estimate of drug-likeness (QED) is 0.755. The van der Waals surface area contributed by atoms with Crippen molar-refractivity contribution < 1.29 is 14.3 Å². The fraction of sp³-hybridized carbons (Fsp3) is 0.571. The van der Waals surface area contributed by atoms with Gasteiger partial charge in [0.1, 0.15) is 0 Å². The van der Waals surface area contributed by atoms with Crippen molar-refractivity contribution in [3.8, 4) is 0 Å². The number of rotatable bonds is 4. The number of amides is 3. The lowest BCUT2D eigenvalue weighted by atomic mass is 10.2. The summed E-state index contributed by atoms with van der Waals surface area (Å²) in [6.07, 6.45) is 3.29. The maximum Gasteiger partial charge on any atom is 0.315 e. The Morgan fingerprint density at radius 1 is 1.43 bits per heavy atom. The van der Waals surface area contributed by atoms with Gasteiger partial charge in [-0.1, -0.05) is 0 Å². The van der Waals surface area contributed by atoms with Crippen LogP contribution in [0.4, 0.5) is 4.79 Å². The van der Waals surface area contributed by atoms with Gasteiger partial charge in [0, 0.05) is 39.1 Å². The predicted molar refractivity (Wildman–Crippen MR) is 78.2 cm³/mol. The number of aryl methyl sites for hydroxylation is 1. The van der Waals surface area contributed by atoms with Crippen molar-refractivity contribution in [1.29, 1.82) is 0 Å². The van der Waals surface area contributed by atoms with E-state index in [4.69, 9.17) is 4.74 Å². The summed E-state index contributed by atoms with van der Waals surface area (Å²) < 4.78 is 5.39. The van der Waals surface area contributed by atoms with E-state index in [1.807, 2.05) is 13.8 Å². The first-order valence-corrected chi connectivity index (χ1v) is 7.06. The van der Waals surface area contributed by atoms with Crippen molar-refractivity contribution >= 4 is 11.9 Å². The molecule has 3 amide bonds. The summed E-state index contributed by atoms with van der Waals surface area (Å²) in [6, 6.07) is -0.443. The van der Waals surface area contributed by atoms with Crippen LogP contribution in [0.2, 0.25) is 0 Å². The van der Waals surface area contributed by atoms with E-state index in [0.717, 1.165) is 5.56 Å². The van der Waals surface area contributed by atoms with Gasteiger partial charge in [-0.3, -0.25) is 4.79 Å². The average Bonchev–Trinajstić information content (AvgIpc) is 3.04. The number of nitrogens with zero attached hydrogens (tertiary/aromatic N) is 1. The molecule has 1 aliphatic rings. The minimum absolute atomic E-state index is 0.0454. The minimum atomic E-state index is -0.239. The highest BCUT2D eigenvalue weighted by Crippen LogP contribution is 2.18. The number of carbonyl (C=O) groups excluding carboxylic acids is 2. The Bertz CT molecular complexity index is 514. The molecule has 0 aliphatic carbocycles. The zero-order chi connectivity index (χ0) is 15.4. The third-order valence-electron chi connectivity index (χ3n) is 3.69. The van der Waals surface area contributed by atoms with Crippen LogP contribution in [0.5, 0.6) is 0 Å². The Labute approximate surface area is 124 Å². The van der Waals surface area contributed by atoms with E-state index >= 15 is 0 Å². The highest BCUT2D eigenvalue weighted by atomic mass is 16.5. The first-order valence-electron chi connectivity index (χ1n) is 7.06. The number of urea groups is 1. The molecular weight excluding hydrogens is 272 g/mol. The first-order chi connectivity index (χ1) is 10.1. The average molecular weight is 294 g/mol. The molecule has 3 N–H and O–H groups in total. The van der Waals surface area contributed by atoms with E-state index in [-0.39, 0.29) is 24.1 Å². The maximum absolute atomic E-state index is 12.5. The summed E-state index contributed by atoms with van der Waals surface area (Å²) >= 11 is 0. The van der Waals surface area contributed by atoms with E-state index in [9.17, 15) is 9.59 Å². The van der Waals surface area contributed by atoms with Gasteiger partial charge in [-0.25, -0.2) is 4.79 Å². The van der Waals surface area contributed by atoms with Crippen molar-refractivity contribution in [2.75, 3.05) is 26.7 Å². The molecule has 2 atom stereocenters. The fourth-order valence-electron chi connectivity index (χ4n) is 2.54. The Morgan fingerprint density at radius 2 is 2.19 bits per heavy atom. The highest BCUT2D eigenvalue weighted by molar-refractivity contribution is 5.95. The van der Waals surface area contributed by atoms with E-state index < -0.39 is 0 Å². The Hall–Kier alpha value is -2.02. The van der Waals surface area contributed by atoms with Crippen molar-refractivity contribution in [1.82, 2.24) is 20.5 Å². The number of likely N-dealkylation sites (tertiary alicyclic amines) is 1. The van der Waals surface area contributed by atoms with Gasteiger partial charge < -0.3 is 25.3 Å². The molecular formula is C14H22N4O3. The lowest BCUT2D eigenvalue weighted by molar-refractivity contribution is 0.0709. The second kappa shape index (κ2) is 6.62. The van der Waals surface area contributed by atoms with Gasteiger partial charge >= 0.3 is 6.03 Å². The molecule has 7 heteroatoms. The number of aromatic nitrogens is 1. The molecule has 1 aromatic rings. The van der Waals surface area contributed by atoms with Crippen LogP contribution in [0.15, 0.2) is 12.4 Å². The third kappa shape index (κ3) is 3.36. The minimum Gasteiger partial charge on any atom is -0.377 e. The van der Waals surface area contributed by atoms with Crippen LogP contribution in [0.25, 0.3) is 0 Å². The topological polar surface area (TPSA) is 86.5 Å². The van der Waals surface area contributed by atoms with Crippen LogP contribution in [0.3, 0.4) is 0 Å². The molecule has 2 heterocycles. The molecule has 1 fully saturated rings. The van der Waals surface area contributed by atoms with Gasteiger partial charge in [0.25, 0.3) is 5.91 Å². The number of nitrogens with one attached hydrogen (secondary N) is 3. The number of aromatic amines is 1. The number of ether oxygens (including phenoxy) is 1. The van der Waals surface area contributed by atoms with Crippen LogP contribution in [0, 0.1) is 6.92 Å². The van der Waals surface area contributed by atoms with Gasteiger partial charge in [-0.05, 0) is 19.4 Å². The summed E-state index contributed by atoms with van der Waals surface area (Å²) in [5.41, 5.74) is 1.57. The lowest BCUT2D eigenvalue weighted by Gasteiger charge is -2.18. The number of carbonyl (C=O) groups is 2. The standard InChI is InChI=1S/C14H22N4O3/c1-4-16-14(20)17-11-7-18(8-12(11)21-3)13(19)10-6-15-5-9(10)2/h5-6,11-12,15H,4,7-8H2,1-3H3,(H2,16,17,20)/t11-,12-/m1/s1. The van der Waals surface area contributed by atoms with Gasteiger partial charge in [0.2, 0.25) is 0 Å². The number of hydrogen-bond donors (Lipinski definition) is 3. The largest absolute Gasteiger partial charge is 0.377 e. The van der Waals surface area contributed by atoms with Crippen molar-refractivity contribution in [3.05, 3.63) is 23.5 Å². The summed E-state index contributed by atoms with van der Waals surface area (Å²) in [7, 11) is 1.59. The molecule has 7 nitrogen and oxygen atoms in total. The van der Waals surface area contributed by atoms with Crippen LogP contribution in [-0.2, 0) is 4.74 Å². The Kier molecular flexibility index (Phi) is 4.85. The van der Waals surface area contributed by atoms with E-state index in [1.54, 1.807) is 24.4 Å². The van der Waals surface area contributed by atoms with E-state index in [0.29, 0.717) is 25.2 Å². The second-order valence-electron chi connectivity index (χ2n) is 5.15. The third-order valence-corrected chi connectivity index (χ3v) is 3.69. The molecule has 1 aliphatic heterocycles. The Morgan fingerprint density at radius 3 is 2.76 bits per heavy atom. The maximum atomic E-state index is 12.5. The smallest absolute Gasteiger partial charge is 0.315 e. The molecule has 0 bridgehead atoms. The Balaban J connectivity index is 2.03. The molecule has 1 aromatic heterocycles. The van der Waals surface area contributed by atoms with Crippen molar-refractivity contribution in [3.63, 3.8) is 0 Å². The molecule has 1 saturated heterocycles. The van der Waals surface area contributed by atoms with E-state index in [1.165, 1.54) is 0 Å². The highest BCUT2D eigenvalue weighted by Gasteiger charge is 2.37. The zero-order valence-electron chi connectivity index (χ0n) is 12.6. The lowest BCUT2D eigenvalue weighted by Crippen LogP contribution is -2.48. The summed E-state index contributed by atoms with van der Waals surface area (Å²) in [5.74, 6) is -0.0454. The van der Waals surface area contributed by atoms with Crippen molar-refractivity contribution in [2.24, 2.45) is 0 Å². The summed E-state index contributed by atoms with van der Waals surface area (Å²) in [6.45, 7) is 5.21. The van der Waals surface area contributed by atoms with E-state index in [2.05, 4.69) is 15.6 Å². The SMILES string of the molecule is CCNC(=O)N[C@@H]1CN(C(=O)c2c[nH]cc2C)C[C@H]1OC. The summed E-state index contributed by atoms with van der Waals surface area (Å²) in [4.78, 5) is 28.7. The number of methoxy groups -OCH3 is 1.